The molecule has 1 fully saturated rings. The molecule has 0 saturated heterocycles. The van der Waals surface area contributed by atoms with Gasteiger partial charge in [0.25, 0.3) is 0 Å². The van der Waals surface area contributed by atoms with Crippen LogP contribution in [0.3, 0.4) is 0 Å². The smallest absolute Gasteiger partial charge is 0.161 e. The van der Waals surface area contributed by atoms with Crippen LogP contribution in [0, 0.1) is 12.8 Å². The first-order valence-electron chi connectivity index (χ1n) is 8.78. The van der Waals surface area contributed by atoms with Crippen molar-refractivity contribution in [2.24, 2.45) is 5.92 Å². The fourth-order valence-electron chi connectivity index (χ4n) is 3.17. The van der Waals surface area contributed by atoms with Crippen molar-refractivity contribution < 1.29 is 9.47 Å². The molecule has 1 aromatic carbocycles. The van der Waals surface area contributed by atoms with Gasteiger partial charge in [0.1, 0.15) is 5.01 Å². The lowest BCUT2D eigenvalue weighted by molar-refractivity contribution is 0.297. The predicted octanol–water partition coefficient (Wildman–Crippen LogP) is 4.41. The van der Waals surface area contributed by atoms with Gasteiger partial charge in [0, 0.05) is 23.5 Å². The summed E-state index contributed by atoms with van der Waals surface area (Å²) >= 11 is 1.81. The van der Waals surface area contributed by atoms with E-state index in [1.807, 2.05) is 23.6 Å². The van der Waals surface area contributed by atoms with Crippen LogP contribution >= 0.6 is 11.3 Å². The Morgan fingerprint density at radius 2 is 2.00 bits per heavy atom. The molecule has 0 amide bonds. The maximum Gasteiger partial charge on any atom is 0.161 e. The minimum absolute atomic E-state index is 0.247. The topological polar surface area (TPSA) is 43.4 Å². The highest BCUT2D eigenvalue weighted by atomic mass is 32.1. The number of nitrogens with one attached hydrogen (secondary N) is 1. The summed E-state index contributed by atoms with van der Waals surface area (Å²) in [6.45, 7) is 5.79. The minimum atomic E-state index is 0.247. The number of hydrogen-bond acceptors (Lipinski definition) is 5. The van der Waals surface area contributed by atoms with Crippen LogP contribution < -0.4 is 14.8 Å². The van der Waals surface area contributed by atoms with Gasteiger partial charge in [-0.2, -0.15) is 0 Å². The summed E-state index contributed by atoms with van der Waals surface area (Å²) in [6, 6.07) is 6.90. The van der Waals surface area contributed by atoms with Crippen molar-refractivity contribution in [1.29, 1.82) is 0 Å². The Morgan fingerprint density at radius 3 is 2.71 bits per heavy atom. The summed E-state index contributed by atoms with van der Waals surface area (Å²) in [7, 11) is 0. The molecule has 1 aliphatic heterocycles. The minimum Gasteiger partial charge on any atom is -0.490 e. The van der Waals surface area contributed by atoms with Crippen LogP contribution in [0.4, 0.5) is 0 Å². The van der Waals surface area contributed by atoms with Crippen molar-refractivity contribution in [3.8, 4) is 11.5 Å². The second-order valence-electron chi connectivity index (χ2n) is 6.77. The monoisotopic (exact) mass is 344 g/mol. The van der Waals surface area contributed by atoms with Crippen LogP contribution in [-0.4, -0.2) is 18.2 Å². The number of rotatable bonds is 5. The van der Waals surface area contributed by atoms with E-state index in [1.54, 1.807) is 0 Å². The number of aromatic nitrogens is 1. The molecular formula is C19H24N2O2S. The molecule has 2 heterocycles. The summed E-state index contributed by atoms with van der Waals surface area (Å²) in [4.78, 5) is 5.90. The third-order valence-corrected chi connectivity index (χ3v) is 5.70. The highest BCUT2D eigenvalue weighted by Gasteiger charge is 2.35. The van der Waals surface area contributed by atoms with Crippen molar-refractivity contribution in [2.45, 2.75) is 45.2 Å². The lowest BCUT2D eigenvalue weighted by Gasteiger charge is -2.22. The largest absolute Gasteiger partial charge is 0.490 e. The molecule has 2 atom stereocenters. The zero-order valence-electron chi connectivity index (χ0n) is 14.2. The van der Waals surface area contributed by atoms with Gasteiger partial charge < -0.3 is 14.8 Å². The SMILES string of the molecule is Cc1cnc([C@@H](N[C@H](C)c2ccc3c(c2)OCCCO3)C2CC2)s1. The fraction of sp³-hybridized carbons (Fsp3) is 0.526. The van der Waals surface area contributed by atoms with Gasteiger partial charge in [-0.25, -0.2) is 4.98 Å². The standard InChI is InChI=1S/C19H24N2O2S/c1-12-11-20-19(24-12)18(14-4-5-14)21-13(2)15-6-7-16-17(10-15)23-9-3-8-22-16/h6-7,10-11,13-14,18,21H,3-5,8-9H2,1-2H3/t13-,18+/m1/s1. The lowest BCUT2D eigenvalue weighted by Crippen LogP contribution is -2.26. The first-order chi connectivity index (χ1) is 11.7. The summed E-state index contributed by atoms with van der Waals surface area (Å²) in [5.74, 6) is 2.45. The van der Waals surface area contributed by atoms with Crippen LogP contribution in [0.15, 0.2) is 24.4 Å². The number of ether oxygens (including phenoxy) is 2. The second kappa shape index (κ2) is 6.73. The van der Waals surface area contributed by atoms with E-state index in [1.165, 1.54) is 28.3 Å². The Bertz CT molecular complexity index is 711. The van der Waals surface area contributed by atoms with E-state index in [0.29, 0.717) is 6.04 Å². The van der Waals surface area contributed by atoms with E-state index in [0.717, 1.165) is 37.1 Å². The third-order valence-electron chi connectivity index (χ3n) is 4.70. The average molecular weight is 344 g/mol. The first-order valence-corrected chi connectivity index (χ1v) is 9.60. The molecule has 2 aromatic rings. The molecule has 128 valence electrons. The quantitative estimate of drug-likeness (QED) is 0.872. The van der Waals surface area contributed by atoms with Crippen LogP contribution in [0.5, 0.6) is 11.5 Å². The highest BCUT2D eigenvalue weighted by Crippen LogP contribution is 2.43. The number of fused-ring (bicyclic) bond motifs is 1. The van der Waals surface area contributed by atoms with Crippen LogP contribution in [0.2, 0.25) is 0 Å². The number of benzene rings is 1. The van der Waals surface area contributed by atoms with E-state index in [2.05, 4.69) is 36.3 Å². The Kier molecular flexibility index (Phi) is 4.46. The molecule has 1 aromatic heterocycles. The van der Waals surface area contributed by atoms with Crippen molar-refractivity contribution in [1.82, 2.24) is 10.3 Å². The zero-order valence-corrected chi connectivity index (χ0v) is 15.1. The summed E-state index contributed by atoms with van der Waals surface area (Å²) in [5.41, 5.74) is 1.23. The van der Waals surface area contributed by atoms with Crippen LogP contribution in [0.25, 0.3) is 0 Å². The first kappa shape index (κ1) is 15.9. The zero-order chi connectivity index (χ0) is 16.5. The van der Waals surface area contributed by atoms with Gasteiger partial charge in [-0.05, 0) is 50.3 Å². The summed E-state index contributed by atoms with van der Waals surface area (Å²) in [6.07, 6.45) is 5.51. The fourth-order valence-corrected chi connectivity index (χ4v) is 4.10. The van der Waals surface area contributed by atoms with Crippen molar-refractivity contribution >= 4 is 11.3 Å². The van der Waals surface area contributed by atoms with Gasteiger partial charge in [0.2, 0.25) is 0 Å². The van der Waals surface area contributed by atoms with Crippen molar-refractivity contribution in [2.75, 3.05) is 13.2 Å². The van der Waals surface area contributed by atoms with E-state index < -0.39 is 0 Å². The van der Waals surface area contributed by atoms with Gasteiger partial charge in [0.05, 0.1) is 19.3 Å². The van der Waals surface area contributed by atoms with Crippen LogP contribution in [0.1, 0.15) is 53.7 Å². The van der Waals surface area contributed by atoms with E-state index in [-0.39, 0.29) is 6.04 Å². The van der Waals surface area contributed by atoms with Gasteiger partial charge in [-0.3, -0.25) is 0 Å². The Hall–Kier alpha value is -1.59. The molecule has 2 aliphatic rings. The van der Waals surface area contributed by atoms with E-state index in [4.69, 9.17) is 9.47 Å². The van der Waals surface area contributed by atoms with Crippen molar-refractivity contribution in [3.63, 3.8) is 0 Å². The Balaban J connectivity index is 1.52. The van der Waals surface area contributed by atoms with Gasteiger partial charge >= 0.3 is 0 Å². The normalized spacial score (nSPS) is 19.6. The van der Waals surface area contributed by atoms with Crippen LogP contribution in [-0.2, 0) is 0 Å². The molecule has 0 radical (unpaired) electrons. The molecule has 0 bridgehead atoms. The molecule has 1 aliphatic carbocycles. The average Bonchev–Trinajstić information content (AvgIpc) is 3.37. The number of thiazole rings is 1. The second-order valence-corrected chi connectivity index (χ2v) is 8.04. The number of hydrogen-bond donors (Lipinski definition) is 1. The Morgan fingerprint density at radius 1 is 1.21 bits per heavy atom. The molecule has 0 unspecified atom stereocenters. The molecule has 0 spiro atoms. The molecular weight excluding hydrogens is 320 g/mol. The molecule has 24 heavy (non-hydrogen) atoms. The maximum absolute atomic E-state index is 5.83. The molecule has 5 heteroatoms. The highest BCUT2D eigenvalue weighted by molar-refractivity contribution is 7.11. The number of aryl methyl sites for hydroxylation is 1. The molecule has 4 nitrogen and oxygen atoms in total. The lowest BCUT2D eigenvalue weighted by atomic mass is 10.1. The summed E-state index contributed by atoms with van der Waals surface area (Å²) in [5, 5.41) is 5.02. The van der Waals surface area contributed by atoms with Crippen molar-refractivity contribution in [3.05, 3.63) is 39.8 Å². The maximum atomic E-state index is 5.83. The molecule has 4 rings (SSSR count). The van der Waals surface area contributed by atoms with E-state index >= 15 is 0 Å². The Labute approximate surface area is 147 Å². The third kappa shape index (κ3) is 3.42. The molecule has 1 N–H and O–H groups in total. The van der Waals surface area contributed by atoms with Gasteiger partial charge in [-0.15, -0.1) is 11.3 Å². The predicted molar refractivity (Wildman–Crippen MR) is 95.9 cm³/mol. The van der Waals surface area contributed by atoms with Gasteiger partial charge in [-0.1, -0.05) is 6.07 Å². The molecule has 1 saturated carbocycles. The van der Waals surface area contributed by atoms with E-state index in [9.17, 15) is 0 Å². The number of nitrogens with zero attached hydrogens (tertiary/aromatic N) is 1. The van der Waals surface area contributed by atoms with Gasteiger partial charge in [0.15, 0.2) is 11.5 Å². The summed E-state index contributed by atoms with van der Waals surface area (Å²) < 4.78 is 11.6.